The molecule has 1 aromatic rings. The minimum absolute atomic E-state index is 0. The van der Waals surface area contributed by atoms with E-state index in [1.54, 1.807) is 0 Å². The van der Waals surface area contributed by atoms with Crippen LogP contribution in [0.1, 0.15) is 6.92 Å². The van der Waals surface area contributed by atoms with Gasteiger partial charge in [0.25, 0.3) is 0 Å². The van der Waals surface area contributed by atoms with Gasteiger partial charge in [-0.3, -0.25) is 9.89 Å². The third-order valence-corrected chi connectivity index (χ3v) is 5.37. The van der Waals surface area contributed by atoms with Gasteiger partial charge in [0.15, 0.2) is 5.96 Å². The molecule has 2 rings (SSSR count). The fourth-order valence-corrected chi connectivity index (χ4v) is 3.50. The predicted octanol–water partition coefficient (Wildman–Crippen LogP) is 2.20. The van der Waals surface area contributed by atoms with Crippen molar-refractivity contribution in [1.29, 1.82) is 0 Å². The van der Waals surface area contributed by atoms with Crippen LogP contribution in [-0.2, 0) is 0 Å². The van der Waals surface area contributed by atoms with Gasteiger partial charge in [0, 0.05) is 63.0 Å². The Bertz CT molecular complexity index is 491. The zero-order valence-corrected chi connectivity index (χ0v) is 18.7. The van der Waals surface area contributed by atoms with Gasteiger partial charge in [-0.25, -0.2) is 0 Å². The monoisotopic (exact) mass is 477 g/mol. The molecule has 0 bridgehead atoms. The predicted molar refractivity (Wildman–Crippen MR) is 120 cm³/mol. The normalized spacial score (nSPS) is 17.6. The number of rotatable bonds is 7. The summed E-state index contributed by atoms with van der Waals surface area (Å²) >= 11 is 1.86. The van der Waals surface area contributed by atoms with Crippen LogP contribution >= 0.6 is 35.7 Å². The molecule has 0 radical (unpaired) electrons. The summed E-state index contributed by atoms with van der Waals surface area (Å²) in [6, 6.07) is 11.0. The molecular weight excluding hydrogens is 445 g/mol. The summed E-state index contributed by atoms with van der Waals surface area (Å²) in [6.45, 7) is 8.74. The van der Waals surface area contributed by atoms with Gasteiger partial charge in [0.05, 0.1) is 0 Å². The molecule has 7 heteroatoms. The minimum Gasteiger partial charge on any atom is -0.356 e. The molecule has 142 valence electrons. The second-order valence-corrected chi connectivity index (χ2v) is 7.40. The molecule has 1 aliphatic rings. The standard InChI is InChI=1S/C18H31N5S.HI/c1-16(23-12-10-22(3)11-13-23)15-21-18(19-2)20-9-14-24-17-7-5-4-6-8-17;/h4-8,16H,9-15H2,1-3H3,(H2,19,20,21);1H. The Kier molecular flexibility index (Phi) is 11.5. The van der Waals surface area contributed by atoms with E-state index in [4.69, 9.17) is 0 Å². The highest BCUT2D eigenvalue weighted by Crippen LogP contribution is 2.15. The van der Waals surface area contributed by atoms with Gasteiger partial charge < -0.3 is 15.5 Å². The molecule has 1 heterocycles. The van der Waals surface area contributed by atoms with Crippen LogP contribution in [-0.4, -0.2) is 80.9 Å². The summed E-state index contributed by atoms with van der Waals surface area (Å²) in [5.41, 5.74) is 0. The second kappa shape index (κ2) is 12.8. The van der Waals surface area contributed by atoms with Crippen LogP contribution in [0.2, 0.25) is 0 Å². The molecule has 0 amide bonds. The first-order valence-corrected chi connectivity index (χ1v) is 9.72. The molecule has 0 saturated carbocycles. The van der Waals surface area contributed by atoms with Crippen molar-refractivity contribution >= 4 is 41.7 Å². The Labute approximate surface area is 174 Å². The Hall–Kier alpha value is -0.510. The average molecular weight is 477 g/mol. The Morgan fingerprint density at radius 1 is 1.16 bits per heavy atom. The van der Waals surface area contributed by atoms with E-state index in [1.807, 2.05) is 18.8 Å². The fraction of sp³-hybridized carbons (Fsp3) is 0.611. The van der Waals surface area contributed by atoms with E-state index < -0.39 is 0 Å². The van der Waals surface area contributed by atoms with Gasteiger partial charge in [-0.1, -0.05) is 18.2 Å². The van der Waals surface area contributed by atoms with Crippen LogP contribution in [0.5, 0.6) is 0 Å². The third kappa shape index (κ3) is 8.61. The van der Waals surface area contributed by atoms with Gasteiger partial charge in [0.1, 0.15) is 0 Å². The molecule has 1 aliphatic heterocycles. The van der Waals surface area contributed by atoms with Crippen molar-refractivity contribution in [2.24, 2.45) is 4.99 Å². The second-order valence-electron chi connectivity index (χ2n) is 6.23. The molecule has 2 N–H and O–H groups in total. The van der Waals surface area contributed by atoms with Crippen molar-refractivity contribution in [2.45, 2.75) is 17.9 Å². The Morgan fingerprint density at radius 3 is 2.48 bits per heavy atom. The smallest absolute Gasteiger partial charge is 0.191 e. The molecule has 1 fully saturated rings. The number of benzene rings is 1. The topological polar surface area (TPSA) is 42.9 Å². The minimum atomic E-state index is 0. The zero-order chi connectivity index (χ0) is 17.2. The first-order valence-electron chi connectivity index (χ1n) is 8.74. The maximum atomic E-state index is 4.32. The van der Waals surface area contributed by atoms with E-state index in [0.717, 1.165) is 51.0 Å². The number of nitrogens with one attached hydrogen (secondary N) is 2. The van der Waals surface area contributed by atoms with Crippen LogP contribution in [0, 0.1) is 0 Å². The summed E-state index contributed by atoms with van der Waals surface area (Å²) in [5, 5.41) is 6.85. The lowest BCUT2D eigenvalue weighted by Crippen LogP contribution is -2.52. The highest BCUT2D eigenvalue weighted by atomic mass is 127. The average Bonchev–Trinajstić information content (AvgIpc) is 2.62. The molecule has 0 aliphatic carbocycles. The lowest BCUT2D eigenvalue weighted by molar-refractivity contribution is 0.120. The van der Waals surface area contributed by atoms with E-state index in [9.17, 15) is 0 Å². The molecule has 1 unspecified atom stereocenters. The maximum absolute atomic E-state index is 4.32. The van der Waals surface area contributed by atoms with Crippen molar-refractivity contribution in [3.8, 4) is 0 Å². The fourth-order valence-electron chi connectivity index (χ4n) is 2.71. The molecular formula is C18H32IN5S. The van der Waals surface area contributed by atoms with Gasteiger partial charge >= 0.3 is 0 Å². The molecule has 1 saturated heterocycles. The summed E-state index contributed by atoms with van der Waals surface area (Å²) in [5.74, 6) is 1.92. The first-order chi connectivity index (χ1) is 11.7. The first kappa shape index (κ1) is 22.5. The lowest BCUT2D eigenvalue weighted by Gasteiger charge is -2.36. The van der Waals surface area contributed by atoms with Crippen LogP contribution < -0.4 is 10.6 Å². The molecule has 0 spiro atoms. The summed E-state index contributed by atoms with van der Waals surface area (Å²) < 4.78 is 0. The quantitative estimate of drug-likeness (QED) is 0.207. The number of thioether (sulfide) groups is 1. The van der Waals surface area contributed by atoms with Crippen molar-refractivity contribution in [3.05, 3.63) is 30.3 Å². The van der Waals surface area contributed by atoms with E-state index in [0.29, 0.717) is 6.04 Å². The number of hydrogen-bond donors (Lipinski definition) is 2. The van der Waals surface area contributed by atoms with Gasteiger partial charge in [0.2, 0.25) is 0 Å². The number of piperazine rings is 1. The Morgan fingerprint density at radius 2 is 1.84 bits per heavy atom. The number of hydrogen-bond acceptors (Lipinski definition) is 4. The van der Waals surface area contributed by atoms with E-state index in [2.05, 4.69) is 69.7 Å². The zero-order valence-electron chi connectivity index (χ0n) is 15.6. The number of nitrogens with zero attached hydrogens (tertiary/aromatic N) is 3. The van der Waals surface area contributed by atoms with Crippen molar-refractivity contribution in [3.63, 3.8) is 0 Å². The van der Waals surface area contributed by atoms with Gasteiger partial charge in [-0.05, 0) is 26.1 Å². The lowest BCUT2D eigenvalue weighted by atomic mass is 10.2. The van der Waals surface area contributed by atoms with Crippen LogP contribution in [0.25, 0.3) is 0 Å². The molecule has 0 aromatic heterocycles. The molecule has 1 aromatic carbocycles. The highest BCUT2D eigenvalue weighted by molar-refractivity contribution is 14.0. The van der Waals surface area contributed by atoms with E-state index >= 15 is 0 Å². The molecule has 25 heavy (non-hydrogen) atoms. The maximum Gasteiger partial charge on any atom is 0.191 e. The van der Waals surface area contributed by atoms with Gasteiger partial charge in [-0.15, -0.1) is 35.7 Å². The van der Waals surface area contributed by atoms with Crippen LogP contribution in [0.3, 0.4) is 0 Å². The SMILES string of the molecule is CN=C(NCCSc1ccccc1)NCC(C)N1CCN(C)CC1.I. The third-order valence-electron chi connectivity index (χ3n) is 4.36. The summed E-state index contributed by atoms with van der Waals surface area (Å²) in [7, 11) is 4.03. The van der Waals surface area contributed by atoms with Crippen molar-refractivity contribution < 1.29 is 0 Å². The molecule has 1 atom stereocenters. The molecule has 5 nitrogen and oxygen atoms in total. The van der Waals surface area contributed by atoms with Crippen molar-refractivity contribution in [2.75, 3.05) is 59.1 Å². The number of aliphatic imine (C=N–C) groups is 1. The number of guanidine groups is 1. The van der Waals surface area contributed by atoms with E-state index in [1.165, 1.54) is 4.90 Å². The largest absolute Gasteiger partial charge is 0.356 e. The number of likely N-dealkylation sites (N-methyl/N-ethyl adjacent to an activating group) is 1. The summed E-state index contributed by atoms with van der Waals surface area (Å²) in [6.07, 6.45) is 0. The summed E-state index contributed by atoms with van der Waals surface area (Å²) in [4.78, 5) is 10.6. The van der Waals surface area contributed by atoms with Crippen LogP contribution in [0.15, 0.2) is 40.2 Å². The highest BCUT2D eigenvalue weighted by Gasteiger charge is 2.18. The number of halogens is 1. The van der Waals surface area contributed by atoms with Crippen molar-refractivity contribution in [1.82, 2.24) is 20.4 Å². The van der Waals surface area contributed by atoms with Gasteiger partial charge in [-0.2, -0.15) is 0 Å². The van der Waals surface area contributed by atoms with E-state index in [-0.39, 0.29) is 24.0 Å². The van der Waals surface area contributed by atoms with Crippen LogP contribution in [0.4, 0.5) is 0 Å². The Balaban J connectivity index is 0.00000312.